The fourth-order valence-corrected chi connectivity index (χ4v) is 3.42. The zero-order valence-electron chi connectivity index (χ0n) is 20.2. The van der Waals surface area contributed by atoms with E-state index in [1.54, 1.807) is 0 Å². The summed E-state index contributed by atoms with van der Waals surface area (Å²) in [6.45, 7) is 8.86. The molecule has 0 amide bonds. The highest BCUT2D eigenvalue weighted by Gasteiger charge is 2.04. The molecule has 0 aromatic heterocycles. The first kappa shape index (κ1) is 30.3. The van der Waals surface area contributed by atoms with E-state index < -0.39 is 8.25 Å². The van der Waals surface area contributed by atoms with Crippen molar-refractivity contribution in [2.24, 2.45) is 0 Å². The second-order valence-electron chi connectivity index (χ2n) is 8.85. The van der Waals surface area contributed by atoms with Crippen LogP contribution in [0.25, 0.3) is 0 Å². The molecule has 4 nitrogen and oxygen atoms in total. The molecule has 0 fully saturated rings. The molecule has 0 aromatic rings. The minimum absolute atomic E-state index is 0.556. The minimum atomic E-state index is -2.18. The Hall–Kier alpha value is 0.110. The molecule has 0 unspecified atom stereocenters. The molecular weight excluding hydrogens is 369 g/mol. The second-order valence-corrected chi connectivity index (χ2v) is 9.93. The maximum absolute atomic E-state index is 10.9. The van der Waals surface area contributed by atoms with E-state index in [0.717, 1.165) is 30.2 Å². The van der Waals surface area contributed by atoms with Gasteiger partial charge in [-0.1, -0.05) is 85.0 Å². The molecule has 0 aromatic carbocycles. The Balaban J connectivity index is 0. The van der Waals surface area contributed by atoms with Gasteiger partial charge in [0.05, 0.1) is 40.9 Å². The van der Waals surface area contributed by atoms with E-state index in [9.17, 15) is 4.57 Å². The van der Waals surface area contributed by atoms with Crippen LogP contribution in [0.2, 0.25) is 0 Å². The SMILES string of the molecule is CCCCCCCCCCCC[N+](C)(C)C.CCCCO[PH](=O)OCCCC. The van der Waals surface area contributed by atoms with Crippen molar-refractivity contribution in [1.29, 1.82) is 0 Å². The molecule has 0 rings (SSSR count). The molecule has 0 aliphatic carbocycles. The first-order valence-electron chi connectivity index (χ1n) is 12.0. The van der Waals surface area contributed by atoms with E-state index in [1.165, 1.54) is 70.8 Å². The number of nitrogens with zero attached hydrogens (tertiary/aromatic N) is 1. The van der Waals surface area contributed by atoms with E-state index in [1.807, 2.05) is 0 Å². The van der Waals surface area contributed by atoms with Gasteiger partial charge in [0.1, 0.15) is 0 Å². The number of hydrogen-bond acceptors (Lipinski definition) is 3. The van der Waals surface area contributed by atoms with Crippen molar-refractivity contribution < 1.29 is 18.1 Å². The van der Waals surface area contributed by atoms with Crippen molar-refractivity contribution >= 4 is 8.25 Å². The molecule has 0 aliphatic heterocycles. The number of hydrogen-bond donors (Lipinski definition) is 0. The van der Waals surface area contributed by atoms with Gasteiger partial charge in [0.25, 0.3) is 0 Å². The van der Waals surface area contributed by atoms with Gasteiger partial charge >= 0.3 is 8.25 Å². The van der Waals surface area contributed by atoms with Crippen LogP contribution < -0.4 is 0 Å². The maximum atomic E-state index is 10.9. The summed E-state index contributed by atoms with van der Waals surface area (Å²) in [6, 6.07) is 0. The Labute approximate surface area is 178 Å². The predicted molar refractivity (Wildman–Crippen MR) is 125 cm³/mol. The fourth-order valence-electron chi connectivity index (χ4n) is 2.71. The Morgan fingerprint density at radius 2 is 0.929 bits per heavy atom. The molecule has 0 spiro atoms. The molecule has 0 heterocycles. The lowest BCUT2D eigenvalue weighted by Gasteiger charge is -2.23. The molecule has 0 radical (unpaired) electrons. The smallest absolute Gasteiger partial charge is 0.319 e. The topological polar surface area (TPSA) is 35.5 Å². The quantitative estimate of drug-likeness (QED) is 0.122. The zero-order chi connectivity index (χ0) is 21.5. The van der Waals surface area contributed by atoms with Gasteiger partial charge in [0.2, 0.25) is 0 Å². The molecule has 172 valence electrons. The monoisotopic (exact) mass is 422 g/mol. The normalized spacial score (nSPS) is 11.5. The van der Waals surface area contributed by atoms with Gasteiger partial charge in [-0.25, -0.2) is 0 Å². The summed E-state index contributed by atoms with van der Waals surface area (Å²) in [5.74, 6) is 0. The van der Waals surface area contributed by atoms with Crippen LogP contribution in [0.15, 0.2) is 0 Å². The Bertz CT molecular complexity index is 307. The van der Waals surface area contributed by atoms with E-state index >= 15 is 0 Å². The second kappa shape index (κ2) is 23.4. The lowest BCUT2D eigenvalue weighted by atomic mass is 10.1. The lowest BCUT2D eigenvalue weighted by molar-refractivity contribution is -0.870. The van der Waals surface area contributed by atoms with Gasteiger partial charge in [-0.2, -0.15) is 0 Å². The molecule has 0 atom stereocenters. The highest BCUT2D eigenvalue weighted by Crippen LogP contribution is 2.24. The van der Waals surface area contributed by atoms with Crippen molar-refractivity contribution in [3.05, 3.63) is 0 Å². The van der Waals surface area contributed by atoms with Crippen LogP contribution in [0.1, 0.15) is 111 Å². The van der Waals surface area contributed by atoms with Gasteiger partial charge < -0.3 is 13.5 Å². The summed E-state index contributed by atoms with van der Waals surface area (Å²) in [5, 5.41) is 0. The van der Waals surface area contributed by atoms with Crippen LogP contribution >= 0.6 is 8.25 Å². The van der Waals surface area contributed by atoms with Crippen molar-refractivity contribution in [2.45, 2.75) is 111 Å². The highest BCUT2D eigenvalue weighted by atomic mass is 31.1. The first-order valence-corrected chi connectivity index (χ1v) is 13.2. The molecule has 28 heavy (non-hydrogen) atoms. The van der Waals surface area contributed by atoms with Crippen LogP contribution in [-0.2, 0) is 13.6 Å². The van der Waals surface area contributed by atoms with Gasteiger partial charge in [0.15, 0.2) is 0 Å². The maximum Gasteiger partial charge on any atom is 0.319 e. The van der Waals surface area contributed by atoms with Crippen molar-refractivity contribution in [3.63, 3.8) is 0 Å². The Morgan fingerprint density at radius 3 is 1.29 bits per heavy atom. The van der Waals surface area contributed by atoms with E-state index in [2.05, 4.69) is 41.9 Å². The number of rotatable bonds is 19. The summed E-state index contributed by atoms with van der Waals surface area (Å²) in [5.41, 5.74) is 0. The summed E-state index contributed by atoms with van der Waals surface area (Å²) >= 11 is 0. The van der Waals surface area contributed by atoms with Crippen LogP contribution in [0.5, 0.6) is 0 Å². The summed E-state index contributed by atoms with van der Waals surface area (Å²) in [6.07, 6.45) is 18.4. The van der Waals surface area contributed by atoms with Crippen molar-refractivity contribution in [1.82, 2.24) is 0 Å². The lowest BCUT2D eigenvalue weighted by Crippen LogP contribution is -2.35. The summed E-state index contributed by atoms with van der Waals surface area (Å²) in [7, 11) is 4.67. The van der Waals surface area contributed by atoms with Crippen LogP contribution in [0.3, 0.4) is 0 Å². The molecule has 5 heteroatoms. The standard InChI is InChI=1S/C15H34N.C8H19O3P/c1-5-6-7-8-9-10-11-12-13-14-15-16(2,3)4;1-3-5-7-10-12(9)11-8-6-4-2/h5-15H2,1-4H3;12H,3-8H2,1-2H3/q+1;. The highest BCUT2D eigenvalue weighted by molar-refractivity contribution is 7.33. The Morgan fingerprint density at radius 1 is 0.571 bits per heavy atom. The largest absolute Gasteiger partial charge is 0.331 e. The molecule has 0 aliphatic rings. The average molecular weight is 423 g/mol. The molecule has 0 saturated heterocycles. The zero-order valence-corrected chi connectivity index (χ0v) is 21.2. The third-order valence-corrected chi connectivity index (χ3v) is 5.50. The number of unbranched alkanes of at least 4 members (excludes halogenated alkanes) is 11. The van der Waals surface area contributed by atoms with Crippen molar-refractivity contribution in [2.75, 3.05) is 40.9 Å². The Kier molecular flexibility index (Phi) is 25.3. The molecule has 0 saturated carbocycles. The van der Waals surface area contributed by atoms with Crippen molar-refractivity contribution in [3.8, 4) is 0 Å². The third kappa shape index (κ3) is 30.8. The predicted octanol–water partition coefficient (Wildman–Crippen LogP) is 7.62. The fraction of sp³-hybridized carbons (Fsp3) is 1.00. The van der Waals surface area contributed by atoms with E-state index in [0.29, 0.717) is 13.2 Å². The third-order valence-electron chi connectivity index (χ3n) is 4.62. The molecular formula is C23H53NO3P+. The average Bonchev–Trinajstić information content (AvgIpc) is 2.63. The minimum Gasteiger partial charge on any atom is -0.331 e. The number of quaternary nitrogens is 1. The van der Waals surface area contributed by atoms with E-state index in [4.69, 9.17) is 9.05 Å². The van der Waals surface area contributed by atoms with Gasteiger partial charge in [-0.15, -0.1) is 0 Å². The van der Waals surface area contributed by atoms with Gasteiger partial charge in [-0.05, 0) is 25.7 Å². The molecule has 0 N–H and O–H groups in total. The molecule has 0 bridgehead atoms. The summed E-state index contributed by atoms with van der Waals surface area (Å²) in [4.78, 5) is 0. The van der Waals surface area contributed by atoms with Crippen LogP contribution in [-0.4, -0.2) is 45.4 Å². The first-order chi connectivity index (χ1) is 13.4. The van der Waals surface area contributed by atoms with Crippen LogP contribution in [0, 0.1) is 0 Å². The summed E-state index contributed by atoms with van der Waals surface area (Å²) < 4.78 is 22.0. The van der Waals surface area contributed by atoms with Gasteiger partial charge in [-0.3, -0.25) is 4.57 Å². The van der Waals surface area contributed by atoms with Gasteiger partial charge in [0, 0.05) is 0 Å². The van der Waals surface area contributed by atoms with Crippen LogP contribution in [0.4, 0.5) is 0 Å². The van der Waals surface area contributed by atoms with E-state index in [-0.39, 0.29) is 0 Å².